The van der Waals surface area contributed by atoms with Gasteiger partial charge in [0, 0.05) is 28.0 Å². The molecule has 0 atom stereocenters. The first-order valence-corrected chi connectivity index (χ1v) is 28.1. The van der Waals surface area contributed by atoms with Gasteiger partial charge in [0.1, 0.15) is 23.1 Å². The van der Waals surface area contributed by atoms with Gasteiger partial charge in [-0.15, -0.1) is 0 Å². The smallest absolute Gasteiger partial charge is 0.230 e. The van der Waals surface area contributed by atoms with Crippen LogP contribution in [0.25, 0.3) is 11.1 Å². The number of rotatable bonds is 8. The van der Waals surface area contributed by atoms with Crippen molar-refractivity contribution in [1.29, 1.82) is 0 Å². The van der Waals surface area contributed by atoms with Crippen molar-refractivity contribution in [3.05, 3.63) is 62.7 Å². The molecule has 0 saturated heterocycles. The Kier molecular flexibility index (Phi) is 17.3. The van der Waals surface area contributed by atoms with Gasteiger partial charge in [-0.25, -0.2) is 15.0 Å². The van der Waals surface area contributed by atoms with E-state index >= 15 is 0 Å². The van der Waals surface area contributed by atoms with E-state index in [1.165, 1.54) is 23.1 Å². The molecule has 4 aromatic rings. The van der Waals surface area contributed by atoms with Crippen molar-refractivity contribution in [3.63, 3.8) is 0 Å². The molecule has 16 heteroatoms. The molecule has 288 valence electrons. The summed E-state index contributed by atoms with van der Waals surface area (Å²) in [5, 5.41) is 6.82. The monoisotopic (exact) mass is 990 g/mol. The third-order valence-electron chi connectivity index (χ3n) is 7.15. The zero-order valence-corrected chi connectivity index (χ0v) is 39.0. The van der Waals surface area contributed by atoms with E-state index in [-0.39, 0.29) is 11.8 Å². The van der Waals surface area contributed by atoms with Gasteiger partial charge in [0.15, 0.2) is 0 Å². The van der Waals surface area contributed by atoms with E-state index in [9.17, 15) is 9.59 Å². The molecule has 0 spiro atoms. The van der Waals surface area contributed by atoms with Crippen LogP contribution in [0.2, 0.25) is 24.9 Å². The Balaban J connectivity index is 0.000000292. The number of carbonyl (C=O) groups is 2. The largest absolute Gasteiger partial charge is 0.495 e. The first-order chi connectivity index (χ1) is 24.5. The van der Waals surface area contributed by atoms with Crippen LogP contribution in [-0.4, -0.2) is 78.6 Å². The molecule has 0 bridgehead atoms. The zero-order chi connectivity index (χ0) is 40.3. The number of halogens is 3. The Hall–Kier alpha value is -3.15. The predicted octanol–water partition coefficient (Wildman–Crippen LogP) is 8.77. The standard InChI is InChI=1S/C17H20ClN3O3.C11H15IN2O2.C6H5ClNO.3CH3.Sn/c1-17(2,3)16(22)21-15-12(6-10(23-4)8-20-15)11-7-14(24-5)19-9-13(11)18;1-11(2,3)10(15)14-9-8(12)5-7(16-4)6-13-9;1-9-6-3-2-5(7)4-8-6;;;;/h6-9H,1-5H3,(H,20,21,22);5-6H,1-4H3,(H,13,14,15);3-4H,1H3;3*1H3;. The molecular weight excluding hydrogens is 941 g/mol. The van der Waals surface area contributed by atoms with Crippen molar-refractivity contribution in [2.75, 3.05) is 39.1 Å². The molecule has 2 N–H and O–H groups in total. The molecule has 0 radical (unpaired) electrons. The molecule has 0 aliphatic heterocycles. The summed E-state index contributed by atoms with van der Waals surface area (Å²) in [6.45, 7) is 11.1. The summed E-state index contributed by atoms with van der Waals surface area (Å²) in [6.07, 6.45) is 6.29. The summed E-state index contributed by atoms with van der Waals surface area (Å²) in [4.78, 5) is 47.6. The van der Waals surface area contributed by atoms with Gasteiger partial charge >= 0.3 is 88.4 Å². The first-order valence-electron chi connectivity index (χ1n) is 16.3. The van der Waals surface area contributed by atoms with Crippen molar-refractivity contribution in [3.8, 4) is 34.4 Å². The van der Waals surface area contributed by atoms with Gasteiger partial charge in [-0.1, -0.05) is 53.1 Å². The van der Waals surface area contributed by atoms with Crippen LogP contribution < -0.4 is 33.2 Å². The van der Waals surface area contributed by atoms with E-state index < -0.39 is 29.2 Å². The number of hydrogen-bond acceptors (Lipinski definition) is 10. The van der Waals surface area contributed by atoms with Gasteiger partial charge in [0.25, 0.3) is 0 Å². The average Bonchev–Trinajstić information content (AvgIpc) is 3.09. The summed E-state index contributed by atoms with van der Waals surface area (Å²) >= 11 is 12.4. The first kappa shape index (κ1) is 46.0. The fourth-order valence-electron chi connectivity index (χ4n) is 3.92. The van der Waals surface area contributed by atoms with Gasteiger partial charge in [-0.3, -0.25) is 9.59 Å². The molecule has 0 fully saturated rings. The van der Waals surface area contributed by atoms with Gasteiger partial charge in [-0.05, 0) is 34.7 Å². The van der Waals surface area contributed by atoms with Crippen LogP contribution in [0.4, 0.5) is 11.6 Å². The van der Waals surface area contributed by atoms with E-state index in [1.807, 2.05) is 53.7 Å². The van der Waals surface area contributed by atoms with Crippen LogP contribution in [0.1, 0.15) is 41.5 Å². The Labute approximate surface area is 340 Å². The Morgan fingerprint density at radius 3 is 1.53 bits per heavy atom. The number of pyridine rings is 4. The maximum atomic E-state index is 12.3. The number of anilines is 2. The van der Waals surface area contributed by atoms with Crippen LogP contribution in [0.3, 0.4) is 0 Å². The molecular formula is C37H49Cl2IN6O6Sn. The van der Waals surface area contributed by atoms with Crippen molar-refractivity contribution in [2.45, 2.75) is 56.4 Å². The van der Waals surface area contributed by atoms with Gasteiger partial charge in [0.05, 0.1) is 48.5 Å². The summed E-state index contributed by atoms with van der Waals surface area (Å²) in [6, 6.07) is 7.24. The van der Waals surface area contributed by atoms with E-state index in [4.69, 9.17) is 42.1 Å². The average molecular weight is 990 g/mol. The van der Waals surface area contributed by atoms with Crippen LogP contribution in [0.5, 0.6) is 23.3 Å². The number of aromatic nitrogens is 4. The quantitative estimate of drug-likeness (QED) is 0.130. The van der Waals surface area contributed by atoms with Crippen LogP contribution in [0.15, 0.2) is 49.1 Å². The molecule has 4 heterocycles. The molecule has 0 saturated carbocycles. The third kappa shape index (κ3) is 14.2. The molecule has 4 aromatic heterocycles. The van der Waals surface area contributed by atoms with Crippen molar-refractivity contribution >= 4 is 91.2 Å². The normalized spacial score (nSPS) is 11.2. The number of carbonyl (C=O) groups excluding carboxylic acids is 2. The number of nitrogens with zero attached hydrogens (tertiary/aromatic N) is 4. The van der Waals surface area contributed by atoms with Crippen LogP contribution in [0, 0.1) is 14.4 Å². The predicted molar refractivity (Wildman–Crippen MR) is 224 cm³/mol. The molecule has 0 aromatic carbocycles. The molecule has 0 aliphatic carbocycles. The number of ether oxygens (including phenoxy) is 4. The van der Waals surface area contributed by atoms with E-state index in [0.717, 1.165) is 8.59 Å². The van der Waals surface area contributed by atoms with Gasteiger partial charge in [0.2, 0.25) is 17.7 Å². The number of nitrogens with one attached hydrogen (secondary N) is 2. The second kappa shape index (κ2) is 20.0. The maximum Gasteiger partial charge on any atom is 0.230 e. The van der Waals surface area contributed by atoms with Crippen molar-refractivity contribution < 1.29 is 28.5 Å². The fourth-order valence-corrected chi connectivity index (χ4v) is 10.5. The van der Waals surface area contributed by atoms with E-state index in [0.29, 0.717) is 51.0 Å². The van der Waals surface area contributed by atoms with Crippen molar-refractivity contribution in [2.24, 2.45) is 10.8 Å². The van der Waals surface area contributed by atoms with Crippen LogP contribution >= 0.6 is 45.8 Å². The van der Waals surface area contributed by atoms with Gasteiger partial charge in [-0.2, -0.15) is 0 Å². The zero-order valence-electron chi connectivity index (χ0n) is 32.5. The van der Waals surface area contributed by atoms with Gasteiger partial charge < -0.3 is 24.8 Å². The summed E-state index contributed by atoms with van der Waals surface area (Å²) in [5.74, 6) is 3.05. The minimum absolute atomic E-state index is 0.0527. The molecule has 0 aliphatic rings. The summed E-state index contributed by atoms with van der Waals surface area (Å²) in [7, 11) is 6.27. The molecule has 53 heavy (non-hydrogen) atoms. The SMILES string of the molecule is COc1c[c]([Sn]([CH3])([CH3])[CH3])c(Cl)cn1.COc1cnc(NC(=O)C(C)(C)C)c(-c2cc(OC)ncc2Cl)c1.COc1cnc(NC(=O)C(C)(C)C)c(I)c1. The van der Waals surface area contributed by atoms with E-state index in [1.54, 1.807) is 45.9 Å². The number of methoxy groups -OCH3 is 4. The van der Waals surface area contributed by atoms with E-state index in [2.05, 4.69) is 68.0 Å². The second-order valence-corrected chi connectivity index (χ2v) is 30.9. The Morgan fingerprint density at radius 2 is 1.08 bits per heavy atom. The number of hydrogen-bond donors (Lipinski definition) is 2. The topological polar surface area (TPSA) is 147 Å². The Morgan fingerprint density at radius 1 is 0.623 bits per heavy atom. The summed E-state index contributed by atoms with van der Waals surface area (Å²) in [5.41, 5.74) is 0.278. The minimum atomic E-state index is -2.09. The van der Waals surface area contributed by atoms with Crippen molar-refractivity contribution in [1.82, 2.24) is 19.9 Å². The second-order valence-electron chi connectivity index (χ2n) is 14.5. The maximum absolute atomic E-state index is 12.3. The molecule has 12 nitrogen and oxygen atoms in total. The fraction of sp³-hybridized carbons (Fsp3) is 0.405. The number of amides is 2. The third-order valence-corrected chi connectivity index (χ3v) is 14.8. The molecule has 4 rings (SSSR count). The molecule has 2 amide bonds. The van der Waals surface area contributed by atoms with Crippen LogP contribution in [-0.2, 0) is 9.59 Å². The minimum Gasteiger partial charge on any atom is -0.495 e. The Bertz CT molecular complexity index is 1880. The summed E-state index contributed by atoms with van der Waals surface area (Å²) < 4.78 is 22.6. The molecule has 0 unspecified atom stereocenters.